The Morgan fingerprint density at radius 2 is 0.889 bits per heavy atom. The van der Waals surface area contributed by atoms with E-state index in [2.05, 4.69) is 27.7 Å². The van der Waals surface area contributed by atoms with E-state index in [9.17, 15) is 0 Å². The first-order valence-electron chi connectivity index (χ1n) is 3.72. The SMILES string of the molecule is C[CH2][Pt]([CH2]C)([CH2]C)[CH2]C. The summed E-state index contributed by atoms with van der Waals surface area (Å²) in [6, 6.07) is 0. The summed E-state index contributed by atoms with van der Waals surface area (Å²) >= 11 is -1.10. The zero-order valence-electron chi connectivity index (χ0n) is 7.14. The molecule has 0 saturated carbocycles. The fraction of sp³-hybridized carbons (Fsp3) is 1.00. The molecule has 0 N–H and O–H groups in total. The first kappa shape index (κ1) is 9.69. The molecule has 0 radical (unpaired) electrons. The van der Waals surface area contributed by atoms with Crippen molar-refractivity contribution < 1.29 is 16.1 Å². The molecule has 0 atom stereocenters. The fourth-order valence-corrected chi connectivity index (χ4v) is 7.77. The molecule has 0 fully saturated rings. The third-order valence-corrected chi connectivity index (χ3v) is 15.5. The molecular formula is C8H20Pt. The zero-order valence-corrected chi connectivity index (χ0v) is 9.42. The molecule has 0 nitrogen and oxygen atoms in total. The van der Waals surface area contributed by atoms with Crippen molar-refractivity contribution in [1.29, 1.82) is 0 Å². The first-order valence-corrected chi connectivity index (χ1v) is 10.1. The topological polar surface area (TPSA) is 0 Å². The van der Waals surface area contributed by atoms with Crippen LogP contribution in [0.25, 0.3) is 0 Å². The van der Waals surface area contributed by atoms with Crippen LogP contribution in [0.15, 0.2) is 0 Å². The average molecular weight is 311 g/mol. The van der Waals surface area contributed by atoms with E-state index in [-0.39, 0.29) is 0 Å². The molecule has 0 heterocycles. The van der Waals surface area contributed by atoms with Gasteiger partial charge in [0, 0.05) is 0 Å². The van der Waals surface area contributed by atoms with Gasteiger partial charge in [0.05, 0.1) is 0 Å². The minimum absolute atomic E-state index is 1.10. The Bertz CT molecular complexity index is 47.5. The van der Waals surface area contributed by atoms with Crippen LogP contribution in [0.4, 0.5) is 0 Å². The van der Waals surface area contributed by atoms with E-state index in [1.54, 1.807) is 0 Å². The van der Waals surface area contributed by atoms with Gasteiger partial charge in [-0.25, -0.2) is 0 Å². The molecule has 0 aromatic heterocycles. The van der Waals surface area contributed by atoms with Crippen molar-refractivity contribution in [3.05, 3.63) is 0 Å². The fourth-order valence-electron chi connectivity index (χ4n) is 0.949. The molecule has 0 rings (SSSR count). The van der Waals surface area contributed by atoms with Gasteiger partial charge < -0.3 is 0 Å². The number of rotatable bonds is 4. The third kappa shape index (κ3) is 2.41. The Hall–Kier alpha value is 0.688. The summed E-state index contributed by atoms with van der Waals surface area (Å²) in [5, 5.41) is 0. The predicted molar refractivity (Wildman–Crippen MR) is 41.9 cm³/mol. The first-order chi connectivity index (χ1) is 4.24. The monoisotopic (exact) mass is 311 g/mol. The van der Waals surface area contributed by atoms with Crippen LogP contribution in [0, 0.1) is 0 Å². The quantitative estimate of drug-likeness (QED) is 0.739. The molecule has 0 bridgehead atoms. The van der Waals surface area contributed by atoms with E-state index in [0.717, 1.165) is 0 Å². The minimum atomic E-state index is -1.10. The van der Waals surface area contributed by atoms with Gasteiger partial charge in [-0.2, -0.15) is 0 Å². The van der Waals surface area contributed by atoms with Gasteiger partial charge in [-0.3, -0.25) is 0 Å². The van der Waals surface area contributed by atoms with E-state index in [1.807, 2.05) is 0 Å². The molecule has 0 aliphatic carbocycles. The summed E-state index contributed by atoms with van der Waals surface area (Å²) in [4.78, 5) is 6.10. The number of hydrogen-bond donors (Lipinski definition) is 0. The maximum absolute atomic E-state index is 2.38. The summed E-state index contributed by atoms with van der Waals surface area (Å²) in [5.41, 5.74) is 0. The van der Waals surface area contributed by atoms with Crippen molar-refractivity contribution in [3.63, 3.8) is 0 Å². The second-order valence-electron chi connectivity index (χ2n) is 1.84. The van der Waals surface area contributed by atoms with Crippen LogP contribution in [0.3, 0.4) is 0 Å². The second-order valence-corrected chi connectivity index (χ2v) is 15.1. The van der Waals surface area contributed by atoms with E-state index >= 15 is 0 Å². The molecule has 9 heavy (non-hydrogen) atoms. The van der Waals surface area contributed by atoms with Crippen molar-refractivity contribution in [3.8, 4) is 0 Å². The molecule has 0 aliphatic rings. The Morgan fingerprint density at radius 1 is 0.667 bits per heavy atom. The molecule has 0 saturated heterocycles. The molecule has 0 aromatic rings. The Morgan fingerprint density at radius 3 is 0.889 bits per heavy atom. The average Bonchev–Trinajstić information content (AvgIpc) is 1.95. The molecule has 1 heteroatoms. The molecule has 0 unspecified atom stereocenters. The van der Waals surface area contributed by atoms with Gasteiger partial charge in [0.2, 0.25) is 0 Å². The zero-order chi connectivity index (χ0) is 7.33. The van der Waals surface area contributed by atoms with Gasteiger partial charge in [0.25, 0.3) is 0 Å². The van der Waals surface area contributed by atoms with E-state index in [4.69, 9.17) is 0 Å². The molecule has 0 aromatic carbocycles. The van der Waals surface area contributed by atoms with Crippen LogP contribution < -0.4 is 0 Å². The van der Waals surface area contributed by atoms with Gasteiger partial charge in [-0.15, -0.1) is 0 Å². The van der Waals surface area contributed by atoms with Crippen molar-refractivity contribution in [2.75, 3.05) is 0 Å². The Kier molecular flexibility index (Phi) is 4.84. The predicted octanol–water partition coefficient (Wildman–Crippen LogP) is 3.89. The van der Waals surface area contributed by atoms with Crippen LogP contribution >= 0.6 is 0 Å². The standard InChI is InChI=1S/4C2H5.Pt/c4*1-2;/h4*1H2,2H3;. The van der Waals surface area contributed by atoms with Crippen molar-refractivity contribution in [2.24, 2.45) is 0 Å². The van der Waals surface area contributed by atoms with Crippen LogP contribution in [-0.2, 0) is 16.1 Å². The van der Waals surface area contributed by atoms with Crippen LogP contribution in [0.5, 0.6) is 0 Å². The summed E-state index contributed by atoms with van der Waals surface area (Å²) in [5.74, 6) is 0. The Balaban J connectivity index is 3.82. The molecule has 0 aliphatic heterocycles. The Labute approximate surface area is 63.2 Å². The van der Waals surface area contributed by atoms with E-state index in [1.165, 1.54) is 19.2 Å². The third-order valence-electron chi connectivity index (χ3n) is 1.90. The van der Waals surface area contributed by atoms with E-state index in [0.29, 0.717) is 0 Å². The van der Waals surface area contributed by atoms with Crippen molar-refractivity contribution >= 4 is 0 Å². The van der Waals surface area contributed by atoms with Gasteiger partial charge >= 0.3 is 63.0 Å². The molecule has 0 amide bonds. The van der Waals surface area contributed by atoms with E-state index < -0.39 is 16.1 Å². The van der Waals surface area contributed by atoms with Gasteiger partial charge in [-0.1, -0.05) is 0 Å². The summed E-state index contributed by atoms with van der Waals surface area (Å²) < 4.78 is 0. The summed E-state index contributed by atoms with van der Waals surface area (Å²) in [6.45, 7) is 9.53. The van der Waals surface area contributed by atoms with Crippen molar-refractivity contribution in [1.82, 2.24) is 0 Å². The van der Waals surface area contributed by atoms with Gasteiger partial charge in [0.1, 0.15) is 0 Å². The van der Waals surface area contributed by atoms with Crippen LogP contribution in [0.2, 0.25) is 19.2 Å². The van der Waals surface area contributed by atoms with Crippen LogP contribution in [-0.4, -0.2) is 0 Å². The summed E-state index contributed by atoms with van der Waals surface area (Å²) in [7, 11) is 0. The van der Waals surface area contributed by atoms with Gasteiger partial charge in [-0.05, 0) is 0 Å². The molecule has 0 spiro atoms. The second kappa shape index (κ2) is 4.50. The van der Waals surface area contributed by atoms with Gasteiger partial charge in [0.15, 0.2) is 0 Å². The summed E-state index contributed by atoms with van der Waals surface area (Å²) in [6.07, 6.45) is 0. The number of hydrogen-bond acceptors (Lipinski definition) is 0. The normalized spacial score (nSPS) is 13.8. The van der Waals surface area contributed by atoms with Crippen molar-refractivity contribution in [2.45, 2.75) is 46.9 Å². The maximum atomic E-state index is 2.38. The molecule has 62 valence electrons. The van der Waals surface area contributed by atoms with Crippen LogP contribution in [0.1, 0.15) is 27.7 Å². The molecular weight excluding hydrogens is 291 g/mol.